The Bertz CT molecular complexity index is 184. The maximum Gasteiger partial charge on any atom is 0.207 e. The maximum atomic E-state index is 9.76. The zero-order chi connectivity index (χ0) is 7.23. The minimum absolute atomic E-state index is 0.545. The number of tetrazole rings is 1. The molecule has 0 saturated heterocycles. The molecule has 6 nitrogen and oxygen atoms in total. The Labute approximate surface area is 57.0 Å². The normalized spacial score (nSPS) is 9.20. The number of amides is 1. The minimum atomic E-state index is 0.545. The Morgan fingerprint density at radius 1 is 1.70 bits per heavy atom. The molecule has 1 amide bonds. The number of aromatic nitrogens is 4. The van der Waals surface area contributed by atoms with Gasteiger partial charge in [0.15, 0.2) is 5.82 Å². The van der Waals surface area contributed by atoms with Gasteiger partial charge in [-0.1, -0.05) is 5.21 Å². The van der Waals surface area contributed by atoms with Gasteiger partial charge in [0.25, 0.3) is 0 Å². The summed E-state index contributed by atoms with van der Waals surface area (Å²) in [7, 11) is 0. The minimum Gasteiger partial charge on any atom is -0.358 e. The molecule has 0 bridgehead atoms. The molecule has 0 aliphatic carbocycles. The van der Waals surface area contributed by atoms with Gasteiger partial charge in [0.2, 0.25) is 6.41 Å². The molecule has 0 saturated carbocycles. The molecule has 54 valence electrons. The number of carbonyl (C=O) groups excluding carboxylic acids is 1. The van der Waals surface area contributed by atoms with Crippen molar-refractivity contribution >= 4 is 6.41 Å². The fourth-order valence-electron chi connectivity index (χ4n) is 0.531. The lowest BCUT2D eigenvalue weighted by Crippen LogP contribution is -2.14. The highest BCUT2D eigenvalue weighted by atomic mass is 16.1. The molecule has 0 aromatic carbocycles. The Balaban J connectivity index is 2.21. The van der Waals surface area contributed by atoms with Crippen molar-refractivity contribution in [3.63, 3.8) is 0 Å². The third-order valence-corrected chi connectivity index (χ3v) is 0.965. The first-order valence-electron chi connectivity index (χ1n) is 2.83. The van der Waals surface area contributed by atoms with E-state index in [9.17, 15) is 4.79 Å². The monoisotopic (exact) mass is 141 g/mol. The van der Waals surface area contributed by atoms with E-state index in [1.807, 2.05) is 0 Å². The molecule has 0 spiro atoms. The van der Waals surface area contributed by atoms with Crippen molar-refractivity contribution in [3.05, 3.63) is 5.82 Å². The number of H-pyrrole nitrogens is 1. The fraction of sp³-hybridized carbons (Fsp3) is 0.500. The number of aromatic amines is 1. The van der Waals surface area contributed by atoms with E-state index in [4.69, 9.17) is 0 Å². The second kappa shape index (κ2) is 3.54. The SMILES string of the molecule is O=CNCCc1nn[nH]n1. The van der Waals surface area contributed by atoms with Gasteiger partial charge in [0, 0.05) is 13.0 Å². The van der Waals surface area contributed by atoms with E-state index in [2.05, 4.69) is 25.9 Å². The maximum absolute atomic E-state index is 9.76. The first kappa shape index (κ1) is 6.66. The van der Waals surface area contributed by atoms with E-state index in [1.165, 1.54) is 0 Å². The van der Waals surface area contributed by atoms with Gasteiger partial charge in [0.1, 0.15) is 0 Å². The molecule has 0 aliphatic rings. The summed E-state index contributed by atoms with van der Waals surface area (Å²) in [5, 5.41) is 15.5. The smallest absolute Gasteiger partial charge is 0.207 e. The van der Waals surface area contributed by atoms with Gasteiger partial charge in [-0.3, -0.25) is 4.79 Å². The van der Waals surface area contributed by atoms with Gasteiger partial charge in [-0.25, -0.2) is 0 Å². The molecule has 1 aromatic rings. The van der Waals surface area contributed by atoms with Crippen LogP contribution in [0.1, 0.15) is 5.82 Å². The molecule has 6 heteroatoms. The van der Waals surface area contributed by atoms with Gasteiger partial charge < -0.3 is 5.32 Å². The lowest BCUT2D eigenvalue weighted by atomic mass is 10.4. The summed E-state index contributed by atoms with van der Waals surface area (Å²) in [5.74, 6) is 0.606. The van der Waals surface area contributed by atoms with Crippen LogP contribution in [0.5, 0.6) is 0 Å². The van der Waals surface area contributed by atoms with Crippen LogP contribution in [0.3, 0.4) is 0 Å². The van der Waals surface area contributed by atoms with Crippen LogP contribution in [0.4, 0.5) is 0 Å². The van der Waals surface area contributed by atoms with Gasteiger partial charge >= 0.3 is 0 Å². The van der Waals surface area contributed by atoms with Crippen LogP contribution < -0.4 is 5.32 Å². The van der Waals surface area contributed by atoms with Crippen LogP contribution >= 0.6 is 0 Å². The topological polar surface area (TPSA) is 83.6 Å². The zero-order valence-electron chi connectivity index (χ0n) is 5.24. The van der Waals surface area contributed by atoms with Gasteiger partial charge in [-0.2, -0.15) is 5.21 Å². The quantitative estimate of drug-likeness (QED) is 0.394. The molecule has 1 rings (SSSR count). The number of nitrogens with one attached hydrogen (secondary N) is 2. The van der Waals surface area contributed by atoms with E-state index < -0.39 is 0 Å². The van der Waals surface area contributed by atoms with E-state index in [-0.39, 0.29) is 0 Å². The van der Waals surface area contributed by atoms with Crippen LogP contribution in [-0.4, -0.2) is 33.6 Å². The van der Waals surface area contributed by atoms with Crippen molar-refractivity contribution in [2.24, 2.45) is 0 Å². The molecule has 0 fully saturated rings. The Morgan fingerprint density at radius 3 is 3.20 bits per heavy atom. The number of carbonyl (C=O) groups is 1. The third-order valence-electron chi connectivity index (χ3n) is 0.965. The molecular formula is C4H7N5O. The lowest BCUT2D eigenvalue weighted by Gasteiger charge is -1.90. The van der Waals surface area contributed by atoms with Crippen molar-refractivity contribution < 1.29 is 4.79 Å². The molecular weight excluding hydrogens is 134 g/mol. The van der Waals surface area contributed by atoms with Gasteiger partial charge in [-0.15, -0.1) is 10.2 Å². The number of hydrogen-bond acceptors (Lipinski definition) is 4. The van der Waals surface area contributed by atoms with Gasteiger partial charge in [-0.05, 0) is 0 Å². The molecule has 10 heavy (non-hydrogen) atoms. The number of rotatable bonds is 4. The second-order valence-electron chi connectivity index (χ2n) is 1.65. The summed E-state index contributed by atoms with van der Waals surface area (Å²) in [6.45, 7) is 0.545. The highest BCUT2D eigenvalue weighted by molar-refractivity contribution is 5.45. The molecule has 1 heterocycles. The third kappa shape index (κ3) is 1.81. The first-order chi connectivity index (χ1) is 4.93. The molecule has 0 radical (unpaired) electrons. The van der Waals surface area contributed by atoms with E-state index in [1.54, 1.807) is 0 Å². The van der Waals surface area contributed by atoms with Crippen LogP contribution in [-0.2, 0) is 11.2 Å². The summed E-state index contributed by atoms with van der Waals surface area (Å²) in [6, 6.07) is 0. The molecule has 2 N–H and O–H groups in total. The summed E-state index contributed by atoms with van der Waals surface area (Å²) < 4.78 is 0. The van der Waals surface area contributed by atoms with Crippen LogP contribution in [0.2, 0.25) is 0 Å². The van der Waals surface area contributed by atoms with Crippen molar-refractivity contribution in [1.82, 2.24) is 25.9 Å². The predicted octanol–water partition coefficient (Wildman–Crippen LogP) is -1.51. The standard InChI is InChI=1S/C4H7N5O/c10-3-5-2-1-4-6-8-9-7-4/h3H,1-2H2,(H,5,10)(H,6,7,8,9). The fourth-order valence-corrected chi connectivity index (χ4v) is 0.531. The summed E-state index contributed by atoms with van der Waals surface area (Å²) in [4.78, 5) is 9.76. The first-order valence-corrected chi connectivity index (χ1v) is 2.83. The lowest BCUT2D eigenvalue weighted by molar-refractivity contribution is -0.109. The highest BCUT2D eigenvalue weighted by Crippen LogP contribution is 1.81. The largest absolute Gasteiger partial charge is 0.358 e. The van der Waals surface area contributed by atoms with E-state index in [0.717, 1.165) is 0 Å². The average molecular weight is 141 g/mol. The predicted molar refractivity (Wildman–Crippen MR) is 31.9 cm³/mol. The number of hydrogen-bond donors (Lipinski definition) is 2. The summed E-state index contributed by atoms with van der Waals surface area (Å²) >= 11 is 0. The molecule has 0 atom stereocenters. The summed E-state index contributed by atoms with van der Waals surface area (Å²) in [6.07, 6.45) is 1.25. The van der Waals surface area contributed by atoms with E-state index in [0.29, 0.717) is 25.2 Å². The van der Waals surface area contributed by atoms with Gasteiger partial charge in [0.05, 0.1) is 0 Å². The molecule has 1 aromatic heterocycles. The molecule has 0 aliphatic heterocycles. The van der Waals surface area contributed by atoms with Crippen molar-refractivity contribution in [2.75, 3.05) is 6.54 Å². The molecule has 0 unspecified atom stereocenters. The van der Waals surface area contributed by atoms with Crippen LogP contribution in [0, 0.1) is 0 Å². The summed E-state index contributed by atoms with van der Waals surface area (Å²) in [5.41, 5.74) is 0. The average Bonchev–Trinajstić information content (AvgIpc) is 2.41. The number of nitrogens with zero attached hydrogens (tertiary/aromatic N) is 3. The van der Waals surface area contributed by atoms with E-state index >= 15 is 0 Å². The van der Waals surface area contributed by atoms with Crippen molar-refractivity contribution in [3.8, 4) is 0 Å². The van der Waals surface area contributed by atoms with Crippen molar-refractivity contribution in [2.45, 2.75) is 6.42 Å². The second-order valence-corrected chi connectivity index (χ2v) is 1.65. The Hall–Kier alpha value is -1.46. The van der Waals surface area contributed by atoms with Crippen LogP contribution in [0.15, 0.2) is 0 Å². The highest BCUT2D eigenvalue weighted by Gasteiger charge is 1.94. The van der Waals surface area contributed by atoms with Crippen LogP contribution in [0.25, 0.3) is 0 Å². The van der Waals surface area contributed by atoms with Crippen molar-refractivity contribution in [1.29, 1.82) is 0 Å². The zero-order valence-corrected chi connectivity index (χ0v) is 5.24. The Kier molecular flexibility index (Phi) is 2.36. The Morgan fingerprint density at radius 2 is 2.60 bits per heavy atom.